The van der Waals surface area contributed by atoms with E-state index in [4.69, 9.17) is 0 Å². The zero-order valence-electron chi connectivity index (χ0n) is 8.23. The standard InChI is InChI=1S/2C3H7.C2H7Si.Zr/c3*1-3-2;/h3*3H,1-2H3;/q2*-1;;+2. The van der Waals surface area contributed by atoms with Crippen molar-refractivity contribution in [2.45, 2.75) is 40.8 Å². The van der Waals surface area contributed by atoms with Crippen LogP contribution in [0.15, 0.2) is 0 Å². The molecule has 2 heteroatoms. The molecule has 0 atom stereocenters. The SMILES string of the molecule is C[CH-]C.C[CH-]C.C[SiH]C.[Zr+2]. The molecule has 10 heavy (non-hydrogen) atoms. The van der Waals surface area contributed by atoms with Crippen molar-refractivity contribution in [2.75, 3.05) is 0 Å². The summed E-state index contributed by atoms with van der Waals surface area (Å²) in [4.78, 5) is 0. The maximum Gasteiger partial charge on any atom is 2.00 e. The van der Waals surface area contributed by atoms with E-state index in [0.717, 1.165) is 9.52 Å². The molecule has 0 unspecified atom stereocenters. The zero-order valence-corrected chi connectivity index (χ0v) is 11.8. The van der Waals surface area contributed by atoms with Gasteiger partial charge in [-0.1, -0.05) is 13.1 Å². The molecule has 0 spiro atoms. The minimum absolute atomic E-state index is 0. The van der Waals surface area contributed by atoms with E-state index in [1.54, 1.807) is 0 Å². The molecule has 0 aromatic heterocycles. The molecule has 0 amide bonds. The van der Waals surface area contributed by atoms with Crippen LogP contribution in [-0.4, -0.2) is 9.52 Å². The predicted molar refractivity (Wildman–Crippen MR) is 50.2 cm³/mol. The van der Waals surface area contributed by atoms with Gasteiger partial charge in [0.25, 0.3) is 0 Å². The topological polar surface area (TPSA) is 0 Å². The van der Waals surface area contributed by atoms with Crippen molar-refractivity contribution in [2.24, 2.45) is 0 Å². The van der Waals surface area contributed by atoms with Crippen LogP contribution in [0, 0.1) is 12.8 Å². The molecule has 0 aliphatic rings. The fourth-order valence-electron chi connectivity index (χ4n) is 0. The van der Waals surface area contributed by atoms with Gasteiger partial charge in [-0.3, -0.25) is 0 Å². The van der Waals surface area contributed by atoms with Gasteiger partial charge in [0.15, 0.2) is 0 Å². The van der Waals surface area contributed by atoms with E-state index in [-0.39, 0.29) is 26.2 Å². The summed E-state index contributed by atoms with van der Waals surface area (Å²) in [6.45, 7) is 12.4. The largest absolute Gasteiger partial charge is 2.00 e. The van der Waals surface area contributed by atoms with Gasteiger partial charge in [-0.25, -0.2) is 0 Å². The van der Waals surface area contributed by atoms with Crippen LogP contribution < -0.4 is 0 Å². The molecule has 1 radical (unpaired) electrons. The molecular weight excluding hydrogens is 215 g/mol. The van der Waals surface area contributed by atoms with Gasteiger partial charge >= 0.3 is 26.2 Å². The van der Waals surface area contributed by atoms with Crippen LogP contribution in [-0.2, 0) is 26.2 Å². The molecule has 0 heterocycles. The van der Waals surface area contributed by atoms with Crippen molar-refractivity contribution in [3.63, 3.8) is 0 Å². The molecule has 0 N–H and O–H groups in total. The molecule has 0 aliphatic heterocycles. The van der Waals surface area contributed by atoms with E-state index < -0.39 is 0 Å². The molecular formula is C8H21SiZr. The van der Waals surface area contributed by atoms with E-state index in [1.807, 2.05) is 40.5 Å². The van der Waals surface area contributed by atoms with Gasteiger partial charge in [0, 0.05) is 9.52 Å². The fourth-order valence-corrected chi connectivity index (χ4v) is 0. The van der Waals surface area contributed by atoms with Crippen LogP contribution in [0.5, 0.6) is 0 Å². The zero-order chi connectivity index (χ0) is 8.12. The van der Waals surface area contributed by atoms with E-state index in [9.17, 15) is 0 Å². The predicted octanol–water partition coefficient (Wildman–Crippen LogP) is 2.98. The average Bonchev–Trinajstić information content (AvgIpc) is 1.70. The summed E-state index contributed by atoms with van der Waals surface area (Å²) < 4.78 is 0. The molecule has 0 saturated heterocycles. The average molecular weight is 237 g/mol. The molecule has 0 nitrogen and oxygen atoms in total. The maximum absolute atomic E-state index is 2.21. The minimum atomic E-state index is 0. The van der Waals surface area contributed by atoms with Crippen LogP contribution in [0.25, 0.3) is 0 Å². The van der Waals surface area contributed by atoms with Gasteiger partial charge in [0.05, 0.1) is 0 Å². The summed E-state index contributed by atoms with van der Waals surface area (Å²) in [7, 11) is 0.750. The summed E-state index contributed by atoms with van der Waals surface area (Å²) in [5.74, 6) is 0. The minimum Gasteiger partial charge on any atom is -0.335 e. The number of hydrogen-bond donors (Lipinski definition) is 0. The summed E-state index contributed by atoms with van der Waals surface area (Å²) >= 11 is 0. The Bertz CT molecular complexity index is 14.0. The molecule has 0 aliphatic carbocycles. The van der Waals surface area contributed by atoms with Crippen molar-refractivity contribution in [3.05, 3.63) is 12.8 Å². The van der Waals surface area contributed by atoms with Crippen LogP contribution in [0.3, 0.4) is 0 Å². The smallest absolute Gasteiger partial charge is 0.335 e. The summed E-state index contributed by atoms with van der Waals surface area (Å²) in [5.41, 5.74) is 0. The first-order valence-corrected chi connectivity index (χ1v) is 5.77. The Balaban J connectivity index is -0.0000000257. The third-order valence-corrected chi connectivity index (χ3v) is 0. The van der Waals surface area contributed by atoms with Crippen LogP contribution in [0.4, 0.5) is 0 Å². The van der Waals surface area contributed by atoms with E-state index in [2.05, 4.69) is 13.1 Å². The second kappa shape index (κ2) is 49.8. The van der Waals surface area contributed by atoms with Gasteiger partial charge in [-0.05, 0) is 0 Å². The Morgan fingerprint density at radius 1 is 0.800 bits per heavy atom. The normalized spacial score (nSPS) is 5.40. The Labute approximate surface area is 89.1 Å². The van der Waals surface area contributed by atoms with Crippen LogP contribution in [0.2, 0.25) is 13.1 Å². The molecule has 0 aromatic carbocycles. The monoisotopic (exact) mass is 235 g/mol. The van der Waals surface area contributed by atoms with E-state index >= 15 is 0 Å². The van der Waals surface area contributed by atoms with Crippen LogP contribution >= 0.6 is 0 Å². The molecule has 61 valence electrons. The van der Waals surface area contributed by atoms with Crippen molar-refractivity contribution >= 4 is 9.52 Å². The second-order valence-corrected chi connectivity index (χ2v) is 2.89. The summed E-state index contributed by atoms with van der Waals surface area (Å²) in [6, 6.07) is 0. The van der Waals surface area contributed by atoms with Crippen molar-refractivity contribution in [1.82, 2.24) is 0 Å². The first kappa shape index (κ1) is 22.5. The van der Waals surface area contributed by atoms with Crippen molar-refractivity contribution in [1.29, 1.82) is 0 Å². The fraction of sp³-hybridized carbons (Fsp3) is 0.750. The summed E-state index contributed by atoms with van der Waals surface area (Å²) in [6.07, 6.45) is 4.00. The number of rotatable bonds is 0. The Morgan fingerprint density at radius 2 is 0.800 bits per heavy atom. The van der Waals surface area contributed by atoms with E-state index in [0.29, 0.717) is 0 Å². The quantitative estimate of drug-likeness (QED) is 0.448. The maximum atomic E-state index is 2.21. The molecule has 0 fully saturated rings. The molecule has 0 saturated carbocycles. The van der Waals surface area contributed by atoms with Gasteiger partial charge in [-0.2, -0.15) is 27.7 Å². The van der Waals surface area contributed by atoms with Crippen molar-refractivity contribution < 1.29 is 26.2 Å². The van der Waals surface area contributed by atoms with E-state index in [1.165, 1.54) is 0 Å². The van der Waals surface area contributed by atoms with Gasteiger partial charge in [0.1, 0.15) is 0 Å². The Morgan fingerprint density at radius 3 is 0.800 bits per heavy atom. The first-order valence-electron chi connectivity index (χ1n) is 3.46. The second-order valence-electron chi connectivity index (χ2n) is 1.73. The molecule has 0 rings (SSSR count). The van der Waals surface area contributed by atoms with Crippen LogP contribution in [0.1, 0.15) is 27.7 Å². The first-order chi connectivity index (χ1) is 4.24. The van der Waals surface area contributed by atoms with Gasteiger partial charge in [-0.15, -0.1) is 0 Å². The van der Waals surface area contributed by atoms with Crippen molar-refractivity contribution in [3.8, 4) is 0 Å². The Hall–Kier alpha value is 1.10. The third-order valence-electron chi connectivity index (χ3n) is 0. The van der Waals surface area contributed by atoms with Gasteiger partial charge < -0.3 is 12.8 Å². The molecule has 0 aromatic rings. The number of hydrogen-bond acceptors (Lipinski definition) is 0. The summed E-state index contributed by atoms with van der Waals surface area (Å²) in [5, 5.41) is 0. The molecule has 0 bridgehead atoms. The van der Waals surface area contributed by atoms with Gasteiger partial charge in [0.2, 0.25) is 0 Å². The Kier molecular flexibility index (Phi) is 112. The third kappa shape index (κ3) is 493.